The molecule has 1 aliphatic rings. The van der Waals surface area contributed by atoms with E-state index in [1.165, 1.54) is 12.1 Å². The first-order valence-electron chi connectivity index (χ1n) is 13.8. The number of hydrogen-bond donors (Lipinski definition) is 4. The van der Waals surface area contributed by atoms with Gasteiger partial charge in [-0.15, -0.1) is 0 Å². The highest BCUT2D eigenvalue weighted by atomic mass is 19.3. The van der Waals surface area contributed by atoms with E-state index >= 15 is 0 Å². The number of rotatable bonds is 13. The predicted molar refractivity (Wildman–Crippen MR) is 153 cm³/mol. The molecule has 42 heavy (non-hydrogen) atoms. The molecule has 0 aromatic heterocycles. The Kier molecular flexibility index (Phi) is 11.2. The topological polar surface area (TPSA) is 115 Å². The zero-order valence-corrected chi connectivity index (χ0v) is 23.0. The highest BCUT2D eigenvalue weighted by Crippen LogP contribution is 2.31. The largest absolute Gasteiger partial charge is 0.448 e. The number of ether oxygens (including phenoxy) is 2. The normalized spacial score (nSPS) is 17.5. The number of carbonyl (C=O) groups excluding carboxylic acids is 2. The van der Waals surface area contributed by atoms with E-state index in [9.17, 15) is 22.8 Å². The number of anilines is 1. The summed E-state index contributed by atoms with van der Waals surface area (Å²) < 4.78 is 49.6. The van der Waals surface area contributed by atoms with Crippen molar-refractivity contribution < 1.29 is 32.2 Å². The molecule has 0 radical (unpaired) electrons. The Morgan fingerprint density at radius 3 is 2.26 bits per heavy atom. The molecule has 3 atom stereocenters. The molecule has 1 fully saturated rings. The third-order valence-corrected chi connectivity index (χ3v) is 7.05. The van der Waals surface area contributed by atoms with Gasteiger partial charge in [0.25, 0.3) is 6.43 Å². The Morgan fingerprint density at radius 2 is 1.69 bits per heavy atom. The van der Waals surface area contributed by atoms with Crippen molar-refractivity contribution >= 4 is 17.7 Å². The van der Waals surface area contributed by atoms with Gasteiger partial charge in [0, 0.05) is 18.2 Å². The fraction of sp³-hybridized carbons (Fsp3) is 0.355. The number of hydrogen-bond acceptors (Lipinski definition) is 6. The third kappa shape index (κ3) is 8.95. The standard InChI is InChI=1S/C31H35F3N4O4/c32-23-12-14-26(38-29(30(35)39)28(20-7-3-1-4-8-20)21-9-5-2-6-10-21)22(15-23)11-13-25-16-36-24(18-41-25)19-42-31(40)37-17-27(33)34/h1-10,12,14-15,24-25,27-29,36,38H,11,13,16-19H2,(H2,35,39)(H,37,40)/t24-,25+,29-/m0/s1. The molecule has 2 amide bonds. The molecular weight excluding hydrogens is 549 g/mol. The summed E-state index contributed by atoms with van der Waals surface area (Å²) in [5.74, 6) is -1.33. The first-order valence-corrected chi connectivity index (χ1v) is 13.8. The minimum Gasteiger partial charge on any atom is -0.448 e. The van der Waals surface area contributed by atoms with Gasteiger partial charge in [0.15, 0.2) is 0 Å². The summed E-state index contributed by atoms with van der Waals surface area (Å²) in [4.78, 5) is 24.4. The van der Waals surface area contributed by atoms with E-state index in [1.54, 1.807) is 6.07 Å². The van der Waals surface area contributed by atoms with Crippen LogP contribution in [0, 0.1) is 5.82 Å². The van der Waals surface area contributed by atoms with E-state index in [1.807, 2.05) is 66.0 Å². The summed E-state index contributed by atoms with van der Waals surface area (Å²) in [5, 5.41) is 8.51. The van der Waals surface area contributed by atoms with Crippen LogP contribution in [0.1, 0.15) is 29.0 Å². The summed E-state index contributed by atoms with van der Waals surface area (Å²) in [5.41, 5.74) is 9.04. The molecule has 8 nitrogen and oxygen atoms in total. The number of primary amides is 1. The highest BCUT2D eigenvalue weighted by Gasteiger charge is 2.30. The minimum atomic E-state index is -2.65. The molecule has 1 aliphatic heterocycles. The molecule has 0 bridgehead atoms. The molecule has 0 saturated carbocycles. The average Bonchev–Trinajstić information content (AvgIpc) is 3.00. The number of alkyl halides is 2. The number of nitrogens with one attached hydrogen (secondary N) is 3. The van der Waals surface area contributed by atoms with Crippen LogP contribution in [0.5, 0.6) is 0 Å². The number of aryl methyl sites for hydroxylation is 1. The smallest absolute Gasteiger partial charge is 0.407 e. The van der Waals surface area contributed by atoms with E-state index in [0.29, 0.717) is 30.6 Å². The van der Waals surface area contributed by atoms with Gasteiger partial charge in [-0.3, -0.25) is 4.79 Å². The molecule has 3 aromatic rings. The van der Waals surface area contributed by atoms with Crippen molar-refractivity contribution in [3.8, 4) is 0 Å². The van der Waals surface area contributed by atoms with Gasteiger partial charge in [-0.05, 0) is 47.7 Å². The van der Waals surface area contributed by atoms with E-state index in [2.05, 4.69) is 10.6 Å². The molecule has 3 aromatic carbocycles. The molecule has 0 spiro atoms. The lowest BCUT2D eigenvalue weighted by Crippen LogP contribution is -2.49. The zero-order valence-electron chi connectivity index (χ0n) is 23.0. The van der Waals surface area contributed by atoms with Crippen molar-refractivity contribution in [3.63, 3.8) is 0 Å². The summed E-state index contributed by atoms with van der Waals surface area (Å²) >= 11 is 0. The van der Waals surface area contributed by atoms with Crippen molar-refractivity contribution in [2.45, 2.75) is 43.4 Å². The second-order valence-corrected chi connectivity index (χ2v) is 10.1. The minimum absolute atomic E-state index is 0.0295. The fourth-order valence-electron chi connectivity index (χ4n) is 4.96. The van der Waals surface area contributed by atoms with Gasteiger partial charge in [-0.25, -0.2) is 18.0 Å². The zero-order chi connectivity index (χ0) is 29.9. The first-order chi connectivity index (χ1) is 20.3. The summed E-state index contributed by atoms with van der Waals surface area (Å²) in [6.45, 7) is -0.0938. The molecule has 0 aliphatic carbocycles. The van der Waals surface area contributed by atoms with Crippen molar-refractivity contribution in [3.05, 3.63) is 101 Å². The van der Waals surface area contributed by atoms with Crippen LogP contribution in [0.25, 0.3) is 0 Å². The van der Waals surface area contributed by atoms with E-state index in [4.69, 9.17) is 15.2 Å². The lowest BCUT2D eigenvalue weighted by molar-refractivity contribution is -0.119. The molecule has 224 valence electrons. The SMILES string of the molecule is NC(=O)[C@@H](Nc1ccc(F)cc1CC[C@@H]1CN[C@H](COC(=O)NCC(F)F)CO1)C(c1ccccc1)c1ccccc1. The lowest BCUT2D eigenvalue weighted by atomic mass is 9.84. The van der Waals surface area contributed by atoms with E-state index in [0.717, 1.165) is 11.1 Å². The quantitative estimate of drug-likeness (QED) is 0.240. The second kappa shape index (κ2) is 15.2. The monoisotopic (exact) mass is 584 g/mol. The fourth-order valence-corrected chi connectivity index (χ4v) is 4.96. The molecular formula is C31H35F3N4O4. The van der Waals surface area contributed by atoms with Gasteiger partial charge in [0.2, 0.25) is 5.91 Å². The maximum Gasteiger partial charge on any atom is 0.407 e. The Balaban J connectivity index is 1.40. The molecule has 0 unspecified atom stereocenters. The maximum absolute atomic E-state index is 14.3. The first kappa shape index (κ1) is 30.9. The van der Waals surface area contributed by atoms with E-state index in [-0.39, 0.29) is 31.3 Å². The Morgan fingerprint density at radius 1 is 1.02 bits per heavy atom. The Labute approximate surface area is 242 Å². The van der Waals surface area contributed by atoms with Crippen LogP contribution in [-0.4, -0.2) is 62.9 Å². The summed E-state index contributed by atoms with van der Waals surface area (Å²) in [6.07, 6.45) is -2.76. The number of benzene rings is 3. The summed E-state index contributed by atoms with van der Waals surface area (Å²) in [7, 11) is 0. The molecule has 1 saturated heterocycles. The average molecular weight is 585 g/mol. The van der Waals surface area contributed by atoms with Gasteiger partial charge in [-0.2, -0.15) is 0 Å². The lowest BCUT2D eigenvalue weighted by Gasteiger charge is -2.31. The molecule has 4 rings (SSSR count). The third-order valence-electron chi connectivity index (χ3n) is 7.05. The number of morpholine rings is 1. The van der Waals surface area contributed by atoms with Gasteiger partial charge in [-0.1, -0.05) is 60.7 Å². The van der Waals surface area contributed by atoms with Crippen LogP contribution in [0.15, 0.2) is 78.9 Å². The molecule has 5 N–H and O–H groups in total. The molecule has 1 heterocycles. The van der Waals surface area contributed by atoms with Crippen LogP contribution < -0.4 is 21.7 Å². The Hall–Kier alpha value is -4.09. The van der Waals surface area contributed by atoms with Gasteiger partial charge in [0.05, 0.1) is 25.3 Å². The van der Waals surface area contributed by atoms with Crippen molar-refractivity contribution in [2.75, 3.05) is 31.6 Å². The number of amides is 2. The summed E-state index contributed by atoms with van der Waals surface area (Å²) in [6, 6.07) is 22.5. The Bertz CT molecular complexity index is 1250. The van der Waals surface area contributed by atoms with E-state index < -0.39 is 36.8 Å². The second-order valence-electron chi connectivity index (χ2n) is 10.1. The van der Waals surface area contributed by atoms with Crippen LogP contribution in [0.3, 0.4) is 0 Å². The van der Waals surface area contributed by atoms with Gasteiger partial charge in [0.1, 0.15) is 18.5 Å². The van der Waals surface area contributed by atoms with Gasteiger partial charge >= 0.3 is 6.09 Å². The highest BCUT2D eigenvalue weighted by molar-refractivity contribution is 5.85. The number of halogens is 3. The predicted octanol–water partition coefficient (Wildman–Crippen LogP) is 4.20. The molecule has 11 heteroatoms. The van der Waals surface area contributed by atoms with Gasteiger partial charge < -0.3 is 31.2 Å². The van der Waals surface area contributed by atoms with Crippen LogP contribution in [0.2, 0.25) is 0 Å². The van der Waals surface area contributed by atoms with Crippen LogP contribution in [0.4, 0.5) is 23.7 Å². The van der Waals surface area contributed by atoms with Crippen LogP contribution in [-0.2, 0) is 20.7 Å². The van der Waals surface area contributed by atoms with Crippen molar-refractivity contribution in [1.29, 1.82) is 0 Å². The number of alkyl carbamates (subject to hydrolysis) is 1. The van der Waals surface area contributed by atoms with Crippen molar-refractivity contribution in [2.24, 2.45) is 5.73 Å². The van der Waals surface area contributed by atoms with Crippen molar-refractivity contribution in [1.82, 2.24) is 10.6 Å². The number of nitrogens with two attached hydrogens (primary N) is 1. The number of carbonyl (C=O) groups is 2. The maximum atomic E-state index is 14.3. The van der Waals surface area contributed by atoms with Crippen LogP contribution >= 0.6 is 0 Å².